The van der Waals surface area contributed by atoms with Crippen LogP contribution in [0.4, 0.5) is 0 Å². The number of benzene rings is 1. The van der Waals surface area contributed by atoms with Crippen LogP contribution in [0.1, 0.15) is 26.3 Å². The van der Waals surface area contributed by atoms with Gasteiger partial charge in [0.1, 0.15) is 12.4 Å². The molecule has 1 rings (SSSR count). The molecular weight excluding hydrogens is 339 g/mol. The van der Waals surface area contributed by atoms with Crippen LogP contribution >= 0.6 is 19.3 Å². The molecular formula is C15H22ClN2O4P. The number of rotatable bonds is 10. The summed E-state index contributed by atoms with van der Waals surface area (Å²) in [4.78, 5) is 0. The van der Waals surface area contributed by atoms with Crippen molar-refractivity contribution in [3.63, 3.8) is 0 Å². The zero-order valence-corrected chi connectivity index (χ0v) is 15.2. The van der Waals surface area contributed by atoms with Gasteiger partial charge in [-0.3, -0.25) is 9.05 Å². The fourth-order valence-corrected chi connectivity index (χ4v) is 2.78. The molecule has 23 heavy (non-hydrogen) atoms. The summed E-state index contributed by atoms with van der Waals surface area (Å²) in [5, 5.41) is 6.91. The van der Waals surface area contributed by atoms with E-state index in [0.717, 1.165) is 5.57 Å². The van der Waals surface area contributed by atoms with Crippen LogP contribution in [-0.4, -0.2) is 26.0 Å². The first-order chi connectivity index (χ1) is 10.9. The summed E-state index contributed by atoms with van der Waals surface area (Å²) in [5.74, 6) is 0.550. The maximum Gasteiger partial charge on any atom is 0.448 e. The summed E-state index contributed by atoms with van der Waals surface area (Å²) < 4.78 is 28.0. The third kappa shape index (κ3) is 7.18. The zero-order chi connectivity index (χ0) is 17.3. The first-order valence-corrected chi connectivity index (χ1v) is 9.08. The summed E-state index contributed by atoms with van der Waals surface area (Å²) in [6.45, 7) is 9.94. The second-order valence-corrected chi connectivity index (χ2v) is 6.77. The molecule has 8 heteroatoms. The van der Waals surface area contributed by atoms with Crippen LogP contribution in [0.3, 0.4) is 0 Å². The Morgan fingerprint density at radius 2 is 2.04 bits per heavy atom. The molecule has 0 heterocycles. The van der Waals surface area contributed by atoms with Gasteiger partial charge in [-0.05, 0) is 44.5 Å². The first kappa shape index (κ1) is 19.7. The van der Waals surface area contributed by atoms with Crippen LogP contribution in [0.25, 0.3) is 0 Å². The van der Waals surface area contributed by atoms with E-state index in [1.165, 1.54) is 6.21 Å². The van der Waals surface area contributed by atoms with Crippen LogP contribution in [0, 0.1) is 0 Å². The Morgan fingerprint density at radius 1 is 1.39 bits per heavy atom. The molecule has 0 saturated carbocycles. The van der Waals surface area contributed by atoms with Gasteiger partial charge in [0.2, 0.25) is 0 Å². The quantitative estimate of drug-likeness (QED) is 0.290. The zero-order valence-electron chi connectivity index (χ0n) is 13.5. The molecule has 0 aliphatic rings. The van der Waals surface area contributed by atoms with Gasteiger partial charge >= 0.3 is 7.75 Å². The topological polar surface area (TPSA) is 69.2 Å². The highest BCUT2D eigenvalue weighted by Gasteiger charge is 2.22. The average Bonchev–Trinajstić information content (AvgIpc) is 2.47. The maximum absolute atomic E-state index is 12.2. The van der Waals surface area contributed by atoms with E-state index in [9.17, 15) is 4.57 Å². The molecule has 0 aliphatic heterocycles. The van der Waals surface area contributed by atoms with Crippen LogP contribution in [0.2, 0.25) is 5.02 Å². The van der Waals surface area contributed by atoms with Gasteiger partial charge in [0, 0.05) is 10.6 Å². The summed E-state index contributed by atoms with van der Waals surface area (Å²) in [5.41, 5.74) is 1.55. The second kappa shape index (κ2) is 9.73. The summed E-state index contributed by atoms with van der Waals surface area (Å²) >= 11 is 5.97. The minimum absolute atomic E-state index is 0.244. The second-order valence-electron chi connectivity index (χ2n) is 4.62. The van der Waals surface area contributed by atoms with Crippen molar-refractivity contribution in [3.05, 3.63) is 40.9 Å². The van der Waals surface area contributed by atoms with Gasteiger partial charge in [-0.15, -0.1) is 0 Å². The molecule has 0 amide bonds. The van der Waals surface area contributed by atoms with Crippen molar-refractivity contribution in [2.45, 2.75) is 20.8 Å². The van der Waals surface area contributed by atoms with Gasteiger partial charge in [-0.2, -0.15) is 5.10 Å². The monoisotopic (exact) mass is 360 g/mol. The van der Waals surface area contributed by atoms with Gasteiger partial charge in [-0.25, -0.2) is 9.76 Å². The van der Waals surface area contributed by atoms with E-state index < -0.39 is 7.75 Å². The van der Waals surface area contributed by atoms with Crippen molar-refractivity contribution in [1.29, 1.82) is 0 Å². The van der Waals surface area contributed by atoms with E-state index in [4.69, 9.17) is 25.4 Å². The summed E-state index contributed by atoms with van der Waals surface area (Å²) in [6, 6.07) is 5.13. The van der Waals surface area contributed by atoms with E-state index in [-0.39, 0.29) is 13.2 Å². The minimum Gasteiger partial charge on any atom is -0.489 e. The number of hydrogen-bond acceptors (Lipinski definition) is 5. The number of halogens is 1. The highest BCUT2D eigenvalue weighted by atomic mass is 35.5. The molecule has 6 nitrogen and oxygen atoms in total. The van der Waals surface area contributed by atoms with Crippen molar-refractivity contribution in [2.75, 3.05) is 19.8 Å². The molecule has 0 aliphatic carbocycles. The van der Waals surface area contributed by atoms with Gasteiger partial charge < -0.3 is 4.74 Å². The number of hydrazone groups is 1. The van der Waals surface area contributed by atoms with Crippen molar-refractivity contribution < 1.29 is 18.3 Å². The molecule has 0 spiro atoms. The largest absolute Gasteiger partial charge is 0.489 e. The summed E-state index contributed by atoms with van der Waals surface area (Å²) in [7, 11) is -3.44. The molecule has 0 atom stereocenters. The van der Waals surface area contributed by atoms with Crippen LogP contribution < -0.4 is 9.93 Å². The van der Waals surface area contributed by atoms with Crippen LogP contribution in [0.15, 0.2) is 35.5 Å². The minimum atomic E-state index is -3.44. The molecule has 0 radical (unpaired) electrons. The average molecular weight is 361 g/mol. The highest BCUT2D eigenvalue weighted by Crippen LogP contribution is 2.43. The van der Waals surface area contributed by atoms with Gasteiger partial charge in [0.05, 0.1) is 19.4 Å². The Morgan fingerprint density at radius 3 is 2.61 bits per heavy atom. The highest BCUT2D eigenvalue weighted by molar-refractivity contribution is 7.51. The van der Waals surface area contributed by atoms with E-state index in [0.29, 0.717) is 22.9 Å². The molecule has 1 aromatic carbocycles. The van der Waals surface area contributed by atoms with Crippen molar-refractivity contribution in [1.82, 2.24) is 5.20 Å². The lowest BCUT2D eigenvalue weighted by Gasteiger charge is -2.15. The SMILES string of the molecule is C=C(C)COc1cc(Cl)ccc1C=NNP(=O)(OCC)OCC. The molecule has 0 saturated heterocycles. The fourth-order valence-electron chi connectivity index (χ4n) is 1.54. The van der Waals surface area contributed by atoms with Gasteiger partial charge in [0.25, 0.3) is 0 Å². The molecule has 0 unspecified atom stereocenters. The lowest BCUT2D eigenvalue weighted by molar-refractivity contribution is 0.211. The third-order valence-electron chi connectivity index (χ3n) is 2.43. The smallest absolute Gasteiger partial charge is 0.448 e. The lowest BCUT2D eigenvalue weighted by atomic mass is 10.2. The number of ether oxygens (including phenoxy) is 1. The van der Waals surface area contributed by atoms with E-state index in [1.807, 2.05) is 6.92 Å². The van der Waals surface area contributed by atoms with Gasteiger partial charge in [-0.1, -0.05) is 18.2 Å². The van der Waals surface area contributed by atoms with Crippen LogP contribution in [0.5, 0.6) is 5.75 Å². The Kier molecular flexibility index (Phi) is 8.34. The molecule has 0 fully saturated rings. The predicted octanol–water partition coefficient (Wildman–Crippen LogP) is 4.40. The van der Waals surface area contributed by atoms with Crippen molar-refractivity contribution in [3.8, 4) is 5.75 Å². The maximum atomic E-state index is 12.2. The van der Waals surface area contributed by atoms with E-state index in [1.54, 1.807) is 32.0 Å². The third-order valence-corrected chi connectivity index (χ3v) is 4.22. The van der Waals surface area contributed by atoms with Crippen molar-refractivity contribution >= 4 is 25.6 Å². The predicted molar refractivity (Wildman–Crippen MR) is 93.3 cm³/mol. The Balaban J connectivity index is 2.86. The summed E-state index contributed by atoms with van der Waals surface area (Å²) in [6.07, 6.45) is 1.47. The Labute approximate surface area is 142 Å². The van der Waals surface area contributed by atoms with Crippen molar-refractivity contribution in [2.24, 2.45) is 5.10 Å². The molecule has 1 aromatic rings. The first-order valence-electron chi connectivity index (χ1n) is 7.16. The number of hydrogen-bond donors (Lipinski definition) is 1. The molecule has 0 bridgehead atoms. The fraction of sp³-hybridized carbons (Fsp3) is 0.400. The number of nitrogens with zero attached hydrogens (tertiary/aromatic N) is 1. The normalized spacial score (nSPS) is 11.7. The molecule has 0 aromatic heterocycles. The Bertz CT molecular complexity index is 597. The van der Waals surface area contributed by atoms with E-state index >= 15 is 0 Å². The molecule has 128 valence electrons. The lowest BCUT2D eigenvalue weighted by Crippen LogP contribution is -2.09. The molecule has 1 N–H and O–H groups in total. The Hall–Kier alpha value is -1.33. The number of nitrogens with one attached hydrogen (secondary N) is 1. The van der Waals surface area contributed by atoms with Gasteiger partial charge in [0.15, 0.2) is 0 Å². The van der Waals surface area contributed by atoms with Crippen LogP contribution in [-0.2, 0) is 13.6 Å². The van der Waals surface area contributed by atoms with E-state index in [2.05, 4.69) is 16.9 Å². The standard InChI is InChI=1S/C15H22ClN2O4P/c1-5-21-23(19,22-6-2)18-17-10-13-7-8-14(16)9-15(13)20-11-12(3)4/h7-10H,3,5-6,11H2,1-2,4H3,(H,18,19).